The normalized spacial score (nSPS) is 15.8. The molecule has 0 saturated carbocycles. The number of ether oxygens (including phenoxy) is 1. The van der Waals surface area contributed by atoms with E-state index in [-0.39, 0.29) is 6.09 Å². The minimum atomic E-state index is -0.489. The SMILES string of the molecule is CC(C)(C)OC(=O)N1CCN(c2ccc(N=c3ncc4cc(-c5ccccc5Cl)c5n(c-4n3)CCN5)cc2)CC1. The highest BCUT2D eigenvalue weighted by molar-refractivity contribution is 6.33. The maximum absolute atomic E-state index is 12.4. The van der Waals surface area contributed by atoms with Crippen LogP contribution in [0.2, 0.25) is 5.02 Å². The minimum absolute atomic E-state index is 0.253. The number of rotatable bonds is 3. The third kappa shape index (κ3) is 5.34. The molecule has 2 aromatic rings. The largest absolute Gasteiger partial charge is 0.444 e. The summed E-state index contributed by atoms with van der Waals surface area (Å²) in [4.78, 5) is 30.5. The van der Waals surface area contributed by atoms with Crippen molar-refractivity contribution in [2.75, 3.05) is 42.9 Å². The molecule has 206 valence electrons. The maximum atomic E-state index is 12.4. The molecule has 0 unspecified atom stereocenters. The van der Waals surface area contributed by atoms with Gasteiger partial charge in [0.25, 0.3) is 5.62 Å². The number of halogens is 1. The minimum Gasteiger partial charge on any atom is -0.444 e. The van der Waals surface area contributed by atoms with Crippen LogP contribution in [0, 0.1) is 0 Å². The molecule has 1 N–H and O–H groups in total. The first-order valence-electron chi connectivity index (χ1n) is 13.5. The summed E-state index contributed by atoms with van der Waals surface area (Å²) in [5.74, 6) is 1.84. The number of fused-ring (bicyclic) bond motifs is 3. The van der Waals surface area contributed by atoms with Crippen molar-refractivity contribution in [1.82, 2.24) is 19.4 Å². The van der Waals surface area contributed by atoms with Crippen LogP contribution in [0.4, 0.5) is 22.0 Å². The Hall–Kier alpha value is -4.11. The Bertz CT molecular complexity index is 1590. The van der Waals surface area contributed by atoms with E-state index in [0.717, 1.165) is 65.9 Å². The molecule has 6 rings (SSSR count). The molecular weight excluding hydrogens is 526 g/mol. The monoisotopic (exact) mass is 557 g/mol. The number of anilines is 2. The quantitative estimate of drug-likeness (QED) is 0.362. The van der Waals surface area contributed by atoms with Gasteiger partial charge in [0.15, 0.2) is 0 Å². The van der Waals surface area contributed by atoms with E-state index in [4.69, 9.17) is 26.3 Å². The lowest BCUT2D eigenvalue weighted by Gasteiger charge is -2.36. The molecular formula is C30H32ClN7O2. The molecule has 0 spiro atoms. The van der Waals surface area contributed by atoms with Gasteiger partial charge in [-0.3, -0.25) is 0 Å². The summed E-state index contributed by atoms with van der Waals surface area (Å²) in [6, 6.07) is 18.0. The molecule has 40 heavy (non-hydrogen) atoms. The Kier molecular flexibility index (Phi) is 6.83. The number of aromatic nitrogens is 3. The van der Waals surface area contributed by atoms with Crippen LogP contribution < -0.4 is 15.8 Å². The van der Waals surface area contributed by atoms with Gasteiger partial charge in [-0.1, -0.05) is 29.8 Å². The number of benzene rings is 2. The van der Waals surface area contributed by atoms with Crippen molar-refractivity contribution >= 4 is 34.9 Å². The zero-order valence-electron chi connectivity index (χ0n) is 22.9. The molecule has 0 aromatic heterocycles. The Morgan fingerprint density at radius 3 is 2.48 bits per heavy atom. The lowest BCUT2D eigenvalue weighted by molar-refractivity contribution is 0.0240. The van der Waals surface area contributed by atoms with Gasteiger partial charge < -0.3 is 24.4 Å². The lowest BCUT2D eigenvalue weighted by atomic mass is 10.0. The molecule has 4 aliphatic rings. The van der Waals surface area contributed by atoms with Crippen LogP contribution in [-0.2, 0) is 11.3 Å². The molecule has 0 bridgehead atoms. The third-order valence-electron chi connectivity index (χ3n) is 7.03. The molecule has 0 aliphatic carbocycles. The first-order valence-corrected chi connectivity index (χ1v) is 13.9. The Morgan fingerprint density at radius 2 is 1.75 bits per heavy atom. The second-order valence-corrected chi connectivity index (χ2v) is 11.4. The Labute approximate surface area is 238 Å². The number of carbonyl (C=O) groups excluding carboxylic acids is 1. The average molecular weight is 558 g/mol. The fourth-order valence-corrected chi connectivity index (χ4v) is 5.36. The van der Waals surface area contributed by atoms with Crippen molar-refractivity contribution in [3.8, 4) is 22.5 Å². The van der Waals surface area contributed by atoms with E-state index >= 15 is 0 Å². The number of nitrogens with one attached hydrogen (secondary N) is 1. The second-order valence-electron chi connectivity index (χ2n) is 11.0. The fourth-order valence-electron chi connectivity index (χ4n) is 5.13. The van der Waals surface area contributed by atoms with Crippen LogP contribution in [0.1, 0.15) is 20.8 Å². The first-order chi connectivity index (χ1) is 19.2. The van der Waals surface area contributed by atoms with E-state index in [2.05, 4.69) is 38.0 Å². The molecule has 1 saturated heterocycles. The van der Waals surface area contributed by atoms with E-state index in [9.17, 15) is 4.79 Å². The zero-order valence-corrected chi connectivity index (χ0v) is 23.6. The van der Waals surface area contributed by atoms with Gasteiger partial charge in [-0.25, -0.2) is 14.8 Å². The Morgan fingerprint density at radius 1 is 1.00 bits per heavy atom. The molecule has 4 aliphatic heterocycles. The van der Waals surface area contributed by atoms with Crippen LogP contribution in [-0.4, -0.2) is 63.9 Å². The van der Waals surface area contributed by atoms with Crippen molar-refractivity contribution in [3.63, 3.8) is 0 Å². The van der Waals surface area contributed by atoms with E-state index in [1.807, 2.05) is 63.4 Å². The molecule has 1 amide bonds. The number of carbonyl (C=O) groups is 1. The van der Waals surface area contributed by atoms with Gasteiger partial charge in [0, 0.05) is 72.9 Å². The number of nitrogens with zero attached hydrogens (tertiary/aromatic N) is 6. The van der Waals surface area contributed by atoms with Crippen LogP contribution in [0.3, 0.4) is 0 Å². The highest BCUT2D eigenvalue weighted by Gasteiger charge is 2.26. The summed E-state index contributed by atoms with van der Waals surface area (Å²) < 4.78 is 7.68. The number of pyridine rings is 1. The number of amides is 1. The number of hydrogen-bond donors (Lipinski definition) is 1. The van der Waals surface area contributed by atoms with Gasteiger partial charge in [0.05, 0.1) is 5.69 Å². The topological polar surface area (TPSA) is 87.9 Å². The average Bonchev–Trinajstić information content (AvgIpc) is 3.43. The van der Waals surface area contributed by atoms with Crippen LogP contribution in [0.15, 0.2) is 65.8 Å². The summed E-state index contributed by atoms with van der Waals surface area (Å²) in [5.41, 5.74) is 4.74. The van der Waals surface area contributed by atoms with Crippen LogP contribution in [0.5, 0.6) is 0 Å². The molecule has 1 fully saturated rings. The molecule has 0 radical (unpaired) electrons. The van der Waals surface area contributed by atoms with Crippen LogP contribution in [0.25, 0.3) is 22.5 Å². The third-order valence-corrected chi connectivity index (χ3v) is 7.36. The predicted octanol–water partition coefficient (Wildman–Crippen LogP) is 5.42. The molecule has 10 heteroatoms. The van der Waals surface area contributed by atoms with Crippen molar-refractivity contribution in [2.24, 2.45) is 4.99 Å². The standard InChI is InChI=1S/C30H32ClN7O2/c1-30(2,3)40-29(39)37-16-14-36(15-17-37)22-10-8-21(9-11-22)34-28-33-19-20-18-24(23-6-4-5-7-25(23)31)27-32-12-13-38(27)26(20)35-28/h4-11,18-19,32H,12-17H2,1-3H3. The van der Waals surface area contributed by atoms with Crippen molar-refractivity contribution < 1.29 is 9.53 Å². The van der Waals surface area contributed by atoms with Gasteiger partial charge >= 0.3 is 6.09 Å². The first kappa shape index (κ1) is 26.1. The van der Waals surface area contributed by atoms with Crippen molar-refractivity contribution in [3.05, 3.63) is 71.4 Å². The van der Waals surface area contributed by atoms with Crippen molar-refractivity contribution in [2.45, 2.75) is 32.9 Å². The summed E-state index contributed by atoms with van der Waals surface area (Å²) in [5, 5.41) is 4.20. The number of hydrogen-bond acceptors (Lipinski definition) is 7. The van der Waals surface area contributed by atoms with E-state index < -0.39 is 5.60 Å². The van der Waals surface area contributed by atoms with Gasteiger partial charge in [0.2, 0.25) is 0 Å². The van der Waals surface area contributed by atoms with Crippen LogP contribution >= 0.6 is 11.6 Å². The summed E-state index contributed by atoms with van der Waals surface area (Å²) in [6.45, 7) is 10.0. The smallest absolute Gasteiger partial charge is 0.410 e. The highest BCUT2D eigenvalue weighted by Crippen LogP contribution is 2.39. The highest BCUT2D eigenvalue weighted by atomic mass is 35.5. The lowest BCUT2D eigenvalue weighted by Crippen LogP contribution is -2.50. The predicted molar refractivity (Wildman–Crippen MR) is 157 cm³/mol. The van der Waals surface area contributed by atoms with Gasteiger partial charge in [-0.15, -0.1) is 0 Å². The zero-order chi connectivity index (χ0) is 27.9. The number of piperazine rings is 1. The van der Waals surface area contributed by atoms with E-state index in [1.54, 1.807) is 4.90 Å². The fraction of sp³-hybridized carbons (Fsp3) is 0.333. The van der Waals surface area contributed by atoms with Crippen molar-refractivity contribution in [1.29, 1.82) is 0 Å². The van der Waals surface area contributed by atoms with E-state index in [1.165, 1.54) is 0 Å². The van der Waals surface area contributed by atoms with Gasteiger partial charge in [0.1, 0.15) is 17.2 Å². The maximum Gasteiger partial charge on any atom is 0.410 e. The summed E-state index contributed by atoms with van der Waals surface area (Å²) in [6.07, 6.45) is 1.57. The Balaban J connectivity index is 1.21. The summed E-state index contributed by atoms with van der Waals surface area (Å²) in [7, 11) is 0. The van der Waals surface area contributed by atoms with Gasteiger partial charge in [-0.05, 0) is 57.2 Å². The van der Waals surface area contributed by atoms with E-state index in [0.29, 0.717) is 23.7 Å². The molecule has 2 aromatic carbocycles. The molecule has 0 atom stereocenters. The second kappa shape index (κ2) is 10.5. The summed E-state index contributed by atoms with van der Waals surface area (Å²) >= 11 is 6.52. The molecule has 4 heterocycles. The molecule has 9 nitrogen and oxygen atoms in total. The van der Waals surface area contributed by atoms with Gasteiger partial charge in [-0.2, -0.15) is 4.98 Å².